The Morgan fingerprint density at radius 3 is 1.60 bits per heavy atom. The van der Waals surface area contributed by atoms with E-state index in [2.05, 4.69) is 15.6 Å². The van der Waals surface area contributed by atoms with E-state index in [-0.39, 0.29) is 49.6 Å². The number of amides is 4. The summed E-state index contributed by atoms with van der Waals surface area (Å²) in [7, 11) is 0. The third kappa shape index (κ3) is 7.23. The number of hydrogen-bond acceptors (Lipinski definition) is 8. The van der Waals surface area contributed by atoms with Gasteiger partial charge in [0.15, 0.2) is 5.76 Å². The van der Waals surface area contributed by atoms with Gasteiger partial charge in [-0.1, -0.05) is 0 Å². The molecule has 4 N–H and O–H groups in total. The Labute approximate surface area is 272 Å². The van der Waals surface area contributed by atoms with Gasteiger partial charge in [0.2, 0.25) is 29.5 Å². The Balaban J connectivity index is 0.945. The van der Waals surface area contributed by atoms with Gasteiger partial charge in [-0.25, -0.2) is 4.98 Å². The summed E-state index contributed by atoms with van der Waals surface area (Å²) < 4.78 is 6.01. The third-order valence-corrected chi connectivity index (χ3v) is 9.47. The zero-order valence-electron chi connectivity index (χ0n) is 26.0. The first kappa shape index (κ1) is 31.1. The number of anilines is 2. The lowest BCUT2D eigenvalue weighted by molar-refractivity contribution is -0.137. The Bertz CT molecular complexity index is 1530. The quantitative estimate of drug-likeness (QED) is 0.262. The van der Waals surface area contributed by atoms with E-state index in [0.29, 0.717) is 53.3 Å². The zero-order valence-corrected chi connectivity index (χ0v) is 26.0. The maximum absolute atomic E-state index is 13.0. The van der Waals surface area contributed by atoms with Crippen molar-refractivity contribution in [1.29, 1.82) is 0 Å². The number of aliphatic hydroxyl groups excluding tert-OH is 2. The van der Waals surface area contributed by atoms with Crippen LogP contribution >= 0.6 is 0 Å². The number of oxazole rings is 1. The van der Waals surface area contributed by atoms with E-state index in [9.17, 15) is 29.4 Å². The highest BCUT2D eigenvalue weighted by Crippen LogP contribution is 2.35. The second-order valence-electron chi connectivity index (χ2n) is 13.4. The number of rotatable bonds is 10. The minimum atomic E-state index is -0.712. The number of carbonyl (C=O) groups is 4. The van der Waals surface area contributed by atoms with Crippen LogP contribution in [-0.2, 0) is 19.2 Å². The zero-order chi connectivity index (χ0) is 32.7. The maximum Gasteiger partial charge on any atom is 0.247 e. The molecule has 246 valence electrons. The lowest BCUT2D eigenvalue weighted by Gasteiger charge is -2.23. The molecule has 1 aromatic heterocycles. The Morgan fingerprint density at radius 2 is 1.15 bits per heavy atom. The van der Waals surface area contributed by atoms with E-state index in [1.165, 1.54) is 9.80 Å². The molecule has 12 nitrogen and oxygen atoms in total. The topological polar surface area (TPSA) is 165 Å². The predicted octanol–water partition coefficient (Wildman–Crippen LogP) is 3.41. The van der Waals surface area contributed by atoms with Crippen molar-refractivity contribution in [2.75, 3.05) is 23.7 Å². The summed E-state index contributed by atoms with van der Waals surface area (Å²) in [4.78, 5) is 58.8. The number of β-amino-alcohol motifs (C(OH)–C–C–N with tert-alkyl or cyclic N) is 2. The van der Waals surface area contributed by atoms with Crippen molar-refractivity contribution in [3.8, 4) is 22.8 Å². The molecule has 4 amide bonds. The van der Waals surface area contributed by atoms with Crippen molar-refractivity contribution >= 4 is 35.0 Å². The molecular weight excluding hydrogens is 602 g/mol. The van der Waals surface area contributed by atoms with Crippen LogP contribution in [0.5, 0.6) is 0 Å². The number of benzene rings is 2. The Morgan fingerprint density at radius 1 is 0.702 bits per heavy atom. The van der Waals surface area contributed by atoms with E-state index in [1.54, 1.807) is 54.7 Å². The highest BCUT2D eigenvalue weighted by Gasteiger charge is 2.41. The van der Waals surface area contributed by atoms with E-state index < -0.39 is 24.3 Å². The van der Waals surface area contributed by atoms with Crippen LogP contribution in [0.2, 0.25) is 0 Å². The van der Waals surface area contributed by atoms with Crippen molar-refractivity contribution in [3.63, 3.8) is 0 Å². The van der Waals surface area contributed by atoms with Crippen molar-refractivity contribution in [2.45, 2.75) is 75.7 Å². The van der Waals surface area contributed by atoms with Crippen LogP contribution < -0.4 is 10.6 Å². The molecule has 3 aromatic rings. The van der Waals surface area contributed by atoms with Crippen LogP contribution in [-0.4, -0.2) is 86.0 Å². The van der Waals surface area contributed by atoms with Crippen LogP contribution in [0.1, 0.15) is 51.4 Å². The summed E-state index contributed by atoms with van der Waals surface area (Å²) >= 11 is 0. The lowest BCUT2D eigenvalue weighted by Crippen LogP contribution is -2.43. The number of likely N-dealkylation sites (tertiary alicyclic amines) is 2. The monoisotopic (exact) mass is 641 g/mol. The fourth-order valence-electron chi connectivity index (χ4n) is 6.45. The molecule has 7 rings (SSSR count). The molecule has 0 spiro atoms. The van der Waals surface area contributed by atoms with E-state index in [0.717, 1.165) is 31.2 Å². The minimum absolute atomic E-state index is 0.0756. The van der Waals surface area contributed by atoms with Gasteiger partial charge in [0.05, 0.1) is 18.4 Å². The smallest absolute Gasteiger partial charge is 0.247 e. The molecule has 0 bridgehead atoms. The first-order valence-electron chi connectivity index (χ1n) is 16.4. The molecule has 3 heterocycles. The van der Waals surface area contributed by atoms with Crippen molar-refractivity contribution < 1.29 is 33.8 Å². The van der Waals surface area contributed by atoms with E-state index in [4.69, 9.17) is 4.42 Å². The van der Waals surface area contributed by atoms with Gasteiger partial charge < -0.3 is 35.1 Å². The molecule has 12 heteroatoms. The fourth-order valence-corrected chi connectivity index (χ4v) is 6.45. The number of nitrogens with one attached hydrogen (secondary N) is 2. The molecular formula is C35H39N5O7. The van der Waals surface area contributed by atoms with Crippen molar-refractivity contribution in [2.24, 2.45) is 11.8 Å². The second-order valence-corrected chi connectivity index (χ2v) is 13.4. The number of hydrogen-bond donors (Lipinski definition) is 4. The lowest BCUT2D eigenvalue weighted by atomic mass is 10.1. The average Bonchev–Trinajstić information content (AvgIpc) is 3.91. The molecule has 47 heavy (non-hydrogen) atoms. The standard InChI is InChI=1S/C35H39N5O7/c41-26-15-28(39(18-26)31(43)13-20-1-2-20)33(45)37-24-9-5-22(6-10-24)30-17-36-35(47-30)23-7-11-25(12-8-23)38-34(46)29-16-27(42)19-40(29)32(44)14-21-3-4-21/h5-12,17,20-21,26-29,41-42H,1-4,13-16,18-19H2,(H,37,45)(H,38,46). The number of carbonyl (C=O) groups excluding carboxylic acids is 4. The average molecular weight is 642 g/mol. The fraction of sp³-hybridized carbons (Fsp3) is 0.457. The molecule has 2 aliphatic heterocycles. The van der Waals surface area contributed by atoms with E-state index >= 15 is 0 Å². The summed E-state index contributed by atoms with van der Waals surface area (Å²) in [6, 6.07) is 12.7. The number of nitrogens with zero attached hydrogens (tertiary/aromatic N) is 3. The SMILES string of the molecule is O=C(Nc1ccc(-c2cnc(-c3ccc(NC(=O)C4CC(O)CN4C(=O)CC4CC4)cc3)o2)cc1)C1CC(O)CN1C(=O)CC1CC1. The molecule has 2 saturated heterocycles. The first-order chi connectivity index (χ1) is 22.7. The van der Waals surface area contributed by atoms with Crippen LogP contribution in [0.4, 0.5) is 11.4 Å². The van der Waals surface area contributed by atoms with Crippen molar-refractivity contribution in [1.82, 2.24) is 14.8 Å². The summed E-state index contributed by atoms with van der Waals surface area (Å²) in [5.74, 6) is 0.930. The van der Waals surface area contributed by atoms with Crippen LogP contribution in [0.3, 0.4) is 0 Å². The maximum atomic E-state index is 13.0. The first-order valence-corrected chi connectivity index (χ1v) is 16.4. The number of aliphatic hydroxyl groups is 2. The summed E-state index contributed by atoms with van der Waals surface area (Å²) in [6.07, 6.45) is 5.66. The molecule has 0 radical (unpaired) electrons. The van der Waals surface area contributed by atoms with Crippen molar-refractivity contribution in [3.05, 3.63) is 54.7 Å². The molecule has 4 aliphatic rings. The molecule has 2 aliphatic carbocycles. The van der Waals surface area contributed by atoms with Crippen LogP contribution in [0.25, 0.3) is 22.8 Å². The largest absolute Gasteiger partial charge is 0.436 e. The van der Waals surface area contributed by atoms with Gasteiger partial charge in [-0.3, -0.25) is 19.2 Å². The van der Waals surface area contributed by atoms with Gasteiger partial charge in [-0.15, -0.1) is 0 Å². The highest BCUT2D eigenvalue weighted by atomic mass is 16.4. The highest BCUT2D eigenvalue weighted by molar-refractivity contribution is 5.98. The molecule has 2 aromatic carbocycles. The van der Waals surface area contributed by atoms with E-state index in [1.807, 2.05) is 0 Å². The molecule has 4 fully saturated rings. The Kier molecular flexibility index (Phi) is 8.54. The predicted molar refractivity (Wildman–Crippen MR) is 172 cm³/mol. The molecule has 4 atom stereocenters. The van der Waals surface area contributed by atoms with Gasteiger partial charge in [0.1, 0.15) is 12.1 Å². The van der Waals surface area contributed by atoms with Gasteiger partial charge in [0, 0.05) is 61.3 Å². The normalized spacial score (nSPS) is 24.0. The van der Waals surface area contributed by atoms with Crippen LogP contribution in [0, 0.1) is 11.8 Å². The molecule has 2 saturated carbocycles. The molecule has 4 unspecified atom stereocenters. The summed E-state index contributed by atoms with van der Waals surface area (Å²) in [5.41, 5.74) is 2.58. The van der Waals surface area contributed by atoms with Gasteiger partial charge in [0.25, 0.3) is 0 Å². The second kappa shape index (κ2) is 12.9. The van der Waals surface area contributed by atoms with Gasteiger partial charge >= 0.3 is 0 Å². The minimum Gasteiger partial charge on any atom is -0.436 e. The van der Waals surface area contributed by atoms with Gasteiger partial charge in [-0.05, 0) is 86.1 Å². The Hall–Kier alpha value is -4.55. The summed E-state index contributed by atoms with van der Waals surface area (Å²) in [6.45, 7) is 0.361. The third-order valence-electron chi connectivity index (χ3n) is 9.47. The summed E-state index contributed by atoms with van der Waals surface area (Å²) in [5, 5.41) is 26.0. The number of aromatic nitrogens is 1. The van der Waals surface area contributed by atoms with Gasteiger partial charge in [-0.2, -0.15) is 0 Å². The van der Waals surface area contributed by atoms with Crippen LogP contribution in [0.15, 0.2) is 59.1 Å².